The van der Waals surface area contributed by atoms with Crippen molar-refractivity contribution in [3.05, 3.63) is 65.7 Å². The van der Waals surface area contributed by atoms with Gasteiger partial charge in [0.2, 0.25) is 0 Å². The monoisotopic (exact) mass is 329 g/mol. The summed E-state index contributed by atoms with van der Waals surface area (Å²) in [6.45, 7) is 0. The predicted molar refractivity (Wildman–Crippen MR) is 72.5 cm³/mol. The zero-order valence-electron chi connectivity index (χ0n) is 11.0. The summed E-state index contributed by atoms with van der Waals surface area (Å²) in [7, 11) is -4.39. The SMILES string of the molecule is O=C(NS(=O)(=O)c1cccc(C(F)(F)F)c1)c1ccccc1. The molecule has 0 atom stereocenters. The average molecular weight is 329 g/mol. The highest BCUT2D eigenvalue weighted by Gasteiger charge is 2.32. The van der Waals surface area contributed by atoms with Gasteiger partial charge in [-0.15, -0.1) is 0 Å². The van der Waals surface area contributed by atoms with Crippen LogP contribution in [-0.4, -0.2) is 14.3 Å². The van der Waals surface area contributed by atoms with E-state index in [1.165, 1.54) is 24.3 Å². The van der Waals surface area contributed by atoms with E-state index in [9.17, 15) is 26.4 Å². The largest absolute Gasteiger partial charge is 0.416 e. The Bertz CT molecular complexity index is 786. The summed E-state index contributed by atoms with van der Waals surface area (Å²) in [5, 5.41) is 0. The molecule has 4 nitrogen and oxygen atoms in total. The summed E-state index contributed by atoms with van der Waals surface area (Å²) < 4.78 is 63.5. The van der Waals surface area contributed by atoms with Gasteiger partial charge in [0.1, 0.15) is 0 Å². The molecule has 0 spiro atoms. The first-order chi connectivity index (χ1) is 10.2. The van der Waals surface area contributed by atoms with Gasteiger partial charge >= 0.3 is 6.18 Å². The quantitative estimate of drug-likeness (QED) is 0.942. The van der Waals surface area contributed by atoms with Gasteiger partial charge < -0.3 is 0 Å². The standard InChI is InChI=1S/C14H10F3NO3S/c15-14(16,17)11-7-4-8-12(9-11)22(20,21)18-13(19)10-5-2-1-3-6-10/h1-9H,(H,18,19). The number of benzene rings is 2. The maximum absolute atomic E-state index is 12.6. The highest BCUT2D eigenvalue weighted by molar-refractivity contribution is 7.90. The van der Waals surface area contributed by atoms with Gasteiger partial charge in [0.05, 0.1) is 10.5 Å². The summed E-state index contributed by atoms with van der Waals surface area (Å²) in [4.78, 5) is 11.2. The number of halogens is 3. The molecule has 2 aromatic rings. The molecule has 116 valence electrons. The Balaban J connectivity index is 2.30. The van der Waals surface area contributed by atoms with Crippen molar-refractivity contribution in [3.8, 4) is 0 Å². The van der Waals surface area contributed by atoms with Crippen LogP contribution in [0.25, 0.3) is 0 Å². The topological polar surface area (TPSA) is 63.2 Å². The highest BCUT2D eigenvalue weighted by atomic mass is 32.2. The third-order valence-electron chi connectivity index (χ3n) is 2.73. The number of hydrogen-bond donors (Lipinski definition) is 1. The minimum absolute atomic E-state index is 0.0815. The second-order valence-corrected chi connectivity index (χ2v) is 6.01. The van der Waals surface area contributed by atoms with Crippen LogP contribution < -0.4 is 4.72 Å². The molecule has 2 aromatic carbocycles. The van der Waals surface area contributed by atoms with Gasteiger partial charge in [-0.05, 0) is 30.3 Å². The minimum atomic E-state index is -4.67. The Morgan fingerprint density at radius 1 is 0.955 bits per heavy atom. The molecule has 0 aliphatic carbocycles. The van der Waals surface area contributed by atoms with Gasteiger partial charge in [0.15, 0.2) is 0 Å². The Labute approximate surface area is 124 Å². The fraction of sp³-hybridized carbons (Fsp3) is 0.0714. The predicted octanol–water partition coefficient (Wildman–Crippen LogP) is 2.82. The van der Waals surface area contributed by atoms with Crippen LogP contribution in [0.2, 0.25) is 0 Å². The van der Waals surface area contributed by atoms with E-state index >= 15 is 0 Å². The Kier molecular flexibility index (Phi) is 4.23. The average Bonchev–Trinajstić information content (AvgIpc) is 2.47. The Morgan fingerprint density at radius 3 is 2.18 bits per heavy atom. The molecule has 22 heavy (non-hydrogen) atoms. The van der Waals surface area contributed by atoms with Crippen molar-refractivity contribution in [1.29, 1.82) is 0 Å². The summed E-state index contributed by atoms with van der Waals surface area (Å²) in [5.41, 5.74) is -1.03. The zero-order chi connectivity index (χ0) is 16.4. The summed E-state index contributed by atoms with van der Waals surface area (Å²) in [5.74, 6) is -0.919. The lowest BCUT2D eigenvalue weighted by molar-refractivity contribution is -0.137. The van der Waals surface area contributed by atoms with Gasteiger partial charge in [-0.3, -0.25) is 4.79 Å². The fourth-order valence-corrected chi connectivity index (χ4v) is 2.69. The smallest absolute Gasteiger partial charge is 0.268 e. The maximum Gasteiger partial charge on any atom is 0.416 e. The lowest BCUT2D eigenvalue weighted by Crippen LogP contribution is -2.30. The van der Waals surface area contributed by atoms with Crippen LogP contribution in [0.3, 0.4) is 0 Å². The third kappa shape index (κ3) is 3.64. The second kappa shape index (κ2) is 5.80. The first-order valence-electron chi connectivity index (χ1n) is 5.99. The molecule has 0 saturated carbocycles. The number of rotatable bonds is 3. The molecular formula is C14H10F3NO3S. The van der Waals surface area contributed by atoms with Gasteiger partial charge in [0.25, 0.3) is 15.9 Å². The van der Waals surface area contributed by atoms with E-state index in [1.54, 1.807) is 10.8 Å². The maximum atomic E-state index is 12.6. The number of amides is 1. The van der Waals surface area contributed by atoms with Gasteiger partial charge in [-0.1, -0.05) is 24.3 Å². The lowest BCUT2D eigenvalue weighted by atomic mass is 10.2. The van der Waals surface area contributed by atoms with Gasteiger partial charge in [-0.25, -0.2) is 13.1 Å². The molecule has 0 unspecified atom stereocenters. The van der Waals surface area contributed by atoms with E-state index in [1.807, 2.05) is 0 Å². The lowest BCUT2D eigenvalue weighted by Gasteiger charge is -2.10. The van der Waals surface area contributed by atoms with Crippen LogP contribution in [0.15, 0.2) is 59.5 Å². The molecule has 1 amide bonds. The van der Waals surface area contributed by atoms with E-state index in [2.05, 4.69) is 0 Å². The number of carbonyl (C=O) groups excluding carboxylic acids is 1. The molecule has 8 heteroatoms. The minimum Gasteiger partial charge on any atom is -0.268 e. The molecule has 0 aliphatic rings. The van der Waals surface area contributed by atoms with Crippen molar-refractivity contribution in [3.63, 3.8) is 0 Å². The number of sulfonamides is 1. The van der Waals surface area contributed by atoms with Crippen molar-refractivity contribution in [1.82, 2.24) is 4.72 Å². The fourth-order valence-electron chi connectivity index (χ4n) is 1.67. The number of nitrogens with one attached hydrogen (secondary N) is 1. The molecule has 0 aromatic heterocycles. The molecular weight excluding hydrogens is 319 g/mol. The van der Waals surface area contributed by atoms with E-state index in [0.29, 0.717) is 6.07 Å². The third-order valence-corrected chi connectivity index (χ3v) is 4.06. The van der Waals surface area contributed by atoms with Crippen LogP contribution >= 0.6 is 0 Å². The van der Waals surface area contributed by atoms with Crippen molar-refractivity contribution in [2.45, 2.75) is 11.1 Å². The summed E-state index contributed by atoms with van der Waals surface area (Å²) in [6.07, 6.45) is -4.67. The zero-order valence-corrected chi connectivity index (χ0v) is 11.8. The van der Waals surface area contributed by atoms with Crippen molar-refractivity contribution in [2.75, 3.05) is 0 Å². The number of hydrogen-bond acceptors (Lipinski definition) is 3. The molecule has 0 radical (unpaired) electrons. The first-order valence-corrected chi connectivity index (χ1v) is 7.48. The van der Waals surface area contributed by atoms with Crippen LogP contribution in [0, 0.1) is 0 Å². The molecule has 1 N–H and O–H groups in total. The molecule has 0 saturated heterocycles. The van der Waals surface area contributed by atoms with E-state index < -0.39 is 32.6 Å². The number of carbonyl (C=O) groups is 1. The number of alkyl halides is 3. The van der Waals surface area contributed by atoms with E-state index in [0.717, 1.165) is 18.2 Å². The molecule has 0 aliphatic heterocycles. The Morgan fingerprint density at radius 2 is 1.59 bits per heavy atom. The highest BCUT2D eigenvalue weighted by Crippen LogP contribution is 2.30. The van der Waals surface area contributed by atoms with Crippen molar-refractivity contribution in [2.24, 2.45) is 0 Å². The molecule has 0 bridgehead atoms. The summed E-state index contributed by atoms with van der Waals surface area (Å²) in [6, 6.07) is 10.6. The van der Waals surface area contributed by atoms with Crippen LogP contribution in [0.1, 0.15) is 15.9 Å². The summed E-state index contributed by atoms with van der Waals surface area (Å²) >= 11 is 0. The van der Waals surface area contributed by atoms with Gasteiger partial charge in [0, 0.05) is 5.56 Å². The van der Waals surface area contributed by atoms with Crippen LogP contribution in [-0.2, 0) is 16.2 Å². The molecule has 0 heterocycles. The first kappa shape index (κ1) is 16.0. The normalized spacial score (nSPS) is 12.0. The second-order valence-electron chi connectivity index (χ2n) is 4.33. The van der Waals surface area contributed by atoms with Crippen molar-refractivity contribution < 1.29 is 26.4 Å². The molecule has 2 rings (SSSR count). The van der Waals surface area contributed by atoms with E-state index in [4.69, 9.17) is 0 Å². The van der Waals surface area contributed by atoms with E-state index in [-0.39, 0.29) is 5.56 Å². The van der Waals surface area contributed by atoms with Gasteiger partial charge in [-0.2, -0.15) is 13.2 Å². The van der Waals surface area contributed by atoms with Crippen molar-refractivity contribution >= 4 is 15.9 Å². The molecule has 0 fully saturated rings. The Hall–Kier alpha value is -2.35. The van der Waals surface area contributed by atoms with Crippen LogP contribution in [0.5, 0.6) is 0 Å². The van der Waals surface area contributed by atoms with Crippen LogP contribution in [0.4, 0.5) is 13.2 Å².